The zero-order valence-corrected chi connectivity index (χ0v) is 18.6. The number of non-ortho nitro benzene ring substituents is 1. The smallest absolute Gasteiger partial charge is 0.343 e. The van der Waals surface area contributed by atoms with Crippen molar-refractivity contribution < 1.29 is 23.6 Å². The molecule has 0 bridgehead atoms. The molecule has 5 rings (SSSR count). The fourth-order valence-electron chi connectivity index (χ4n) is 3.58. The van der Waals surface area contributed by atoms with Crippen LogP contribution in [0.3, 0.4) is 0 Å². The van der Waals surface area contributed by atoms with Gasteiger partial charge in [-0.25, -0.2) is 4.79 Å². The molecule has 176 valence electrons. The molecule has 0 unspecified atom stereocenters. The maximum Gasteiger partial charge on any atom is 0.343 e. The van der Waals surface area contributed by atoms with Crippen LogP contribution in [0.25, 0.3) is 22.1 Å². The summed E-state index contributed by atoms with van der Waals surface area (Å²) in [4.78, 5) is 35.5. The van der Waals surface area contributed by atoms with E-state index in [1.807, 2.05) is 42.5 Å². The lowest BCUT2D eigenvalue weighted by Gasteiger charge is -2.08. The summed E-state index contributed by atoms with van der Waals surface area (Å²) < 4.78 is 16.6. The van der Waals surface area contributed by atoms with Crippen molar-refractivity contribution >= 4 is 22.6 Å². The van der Waals surface area contributed by atoms with Gasteiger partial charge in [-0.15, -0.1) is 0 Å². The predicted octanol–water partition coefficient (Wildman–Crippen LogP) is 6.38. The predicted molar refractivity (Wildman–Crippen MR) is 132 cm³/mol. The molecule has 0 amide bonds. The number of benzene rings is 4. The van der Waals surface area contributed by atoms with E-state index in [9.17, 15) is 19.7 Å². The molecule has 0 aliphatic rings. The first-order valence-electron chi connectivity index (χ1n) is 10.8. The molecular weight excluding hydrogens is 462 g/mol. The summed E-state index contributed by atoms with van der Waals surface area (Å²) in [7, 11) is 0. The number of ether oxygens (including phenoxy) is 2. The van der Waals surface area contributed by atoms with Crippen LogP contribution in [0, 0.1) is 10.1 Å². The number of carbonyl (C=O) groups excluding carboxylic acids is 1. The molecule has 0 saturated carbocycles. The first kappa shape index (κ1) is 22.5. The van der Waals surface area contributed by atoms with Crippen molar-refractivity contribution in [3.05, 3.63) is 129 Å². The zero-order chi connectivity index (χ0) is 25.1. The molecular formula is C28H17NO7. The summed E-state index contributed by atoms with van der Waals surface area (Å²) in [5.74, 6) is -0.0507. The standard InChI is InChI=1S/C28H17NO7/c30-27-24-15-14-23(36-28(31)20-6-10-21(11-7-20)29(32)33)16-25(24)34-17-26(27)35-22-12-8-19(9-13-22)18-4-2-1-3-5-18/h1-17H. The van der Waals surface area contributed by atoms with E-state index in [2.05, 4.69) is 0 Å². The Labute approximate surface area is 204 Å². The largest absolute Gasteiger partial charge is 0.460 e. The number of hydrogen-bond donors (Lipinski definition) is 0. The van der Waals surface area contributed by atoms with E-state index in [1.54, 1.807) is 12.1 Å². The van der Waals surface area contributed by atoms with Gasteiger partial charge in [0.1, 0.15) is 23.3 Å². The molecule has 0 saturated heterocycles. The van der Waals surface area contributed by atoms with E-state index < -0.39 is 10.9 Å². The van der Waals surface area contributed by atoms with Crippen molar-refractivity contribution in [1.29, 1.82) is 0 Å². The Morgan fingerprint density at radius 2 is 1.47 bits per heavy atom. The summed E-state index contributed by atoms with van der Waals surface area (Å²) in [5.41, 5.74) is 1.93. The van der Waals surface area contributed by atoms with E-state index >= 15 is 0 Å². The van der Waals surface area contributed by atoms with Crippen molar-refractivity contribution in [2.24, 2.45) is 0 Å². The fraction of sp³-hybridized carbons (Fsp3) is 0. The third-order valence-electron chi connectivity index (χ3n) is 5.43. The second kappa shape index (κ2) is 9.55. The molecule has 1 aromatic heterocycles. The molecule has 8 heteroatoms. The average molecular weight is 479 g/mol. The quantitative estimate of drug-likeness (QED) is 0.120. The van der Waals surface area contributed by atoms with E-state index in [0.29, 0.717) is 5.75 Å². The minimum atomic E-state index is -0.703. The van der Waals surface area contributed by atoms with Gasteiger partial charge in [0.2, 0.25) is 11.2 Å². The topological polar surface area (TPSA) is 109 Å². The molecule has 0 spiro atoms. The highest BCUT2D eigenvalue weighted by Crippen LogP contribution is 2.27. The molecule has 0 fully saturated rings. The second-order valence-electron chi connectivity index (χ2n) is 7.77. The van der Waals surface area contributed by atoms with Gasteiger partial charge in [-0.3, -0.25) is 14.9 Å². The summed E-state index contributed by atoms with van der Waals surface area (Å²) in [5, 5.41) is 11.0. The minimum Gasteiger partial charge on any atom is -0.460 e. The van der Waals surface area contributed by atoms with Gasteiger partial charge in [-0.05, 0) is 47.5 Å². The molecule has 0 aliphatic heterocycles. The summed E-state index contributed by atoms with van der Waals surface area (Å²) in [6.07, 6.45) is 1.21. The summed E-state index contributed by atoms with van der Waals surface area (Å²) in [6, 6.07) is 26.6. The summed E-state index contributed by atoms with van der Waals surface area (Å²) >= 11 is 0. The Kier molecular flexibility index (Phi) is 5.98. The molecule has 5 aromatic rings. The molecule has 0 aliphatic carbocycles. The Balaban J connectivity index is 1.32. The van der Waals surface area contributed by atoms with Crippen LogP contribution >= 0.6 is 0 Å². The van der Waals surface area contributed by atoms with Crippen molar-refractivity contribution in [2.45, 2.75) is 0 Å². The van der Waals surface area contributed by atoms with Gasteiger partial charge < -0.3 is 13.9 Å². The van der Waals surface area contributed by atoms with Crippen LogP contribution in [-0.4, -0.2) is 10.9 Å². The third-order valence-corrected chi connectivity index (χ3v) is 5.43. The van der Waals surface area contributed by atoms with E-state index in [-0.39, 0.29) is 39.1 Å². The van der Waals surface area contributed by atoms with Crippen LogP contribution in [0.2, 0.25) is 0 Å². The van der Waals surface area contributed by atoms with Crippen molar-refractivity contribution in [3.8, 4) is 28.4 Å². The highest BCUT2D eigenvalue weighted by atomic mass is 16.6. The maximum atomic E-state index is 12.9. The number of rotatable bonds is 6. The second-order valence-corrected chi connectivity index (χ2v) is 7.77. The molecule has 0 N–H and O–H groups in total. The average Bonchev–Trinajstić information content (AvgIpc) is 2.91. The van der Waals surface area contributed by atoms with Gasteiger partial charge in [0.25, 0.3) is 5.69 Å². The normalized spacial score (nSPS) is 10.7. The van der Waals surface area contributed by atoms with Gasteiger partial charge in [0, 0.05) is 18.2 Å². The lowest BCUT2D eigenvalue weighted by atomic mass is 10.1. The molecule has 8 nitrogen and oxygen atoms in total. The monoisotopic (exact) mass is 479 g/mol. The van der Waals surface area contributed by atoms with E-state index in [1.165, 1.54) is 48.7 Å². The SMILES string of the molecule is O=C(Oc1ccc2c(=O)c(Oc3ccc(-c4ccccc4)cc3)coc2c1)c1ccc([N+](=O)[O-])cc1. The third kappa shape index (κ3) is 4.69. The van der Waals surface area contributed by atoms with Crippen LogP contribution in [0.5, 0.6) is 17.2 Å². The Hall–Kier alpha value is -5.24. The summed E-state index contributed by atoms with van der Waals surface area (Å²) in [6.45, 7) is 0. The molecule has 1 heterocycles. The Morgan fingerprint density at radius 1 is 0.806 bits per heavy atom. The first-order valence-corrected chi connectivity index (χ1v) is 10.8. The van der Waals surface area contributed by atoms with Gasteiger partial charge in [-0.2, -0.15) is 0 Å². The van der Waals surface area contributed by atoms with Crippen LogP contribution < -0.4 is 14.9 Å². The number of esters is 1. The van der Waals surface area contributed by atoms with Crippen molar-refractivity contribution in [2.75, 3.05) is 0 Å². The highest BCUT2D eigenvalue weighted by Gasteiger charge is 2.14. The van der Waals surface area contributed by atoms with E-state index in [0.717, 1.165) is 11.1 Å². The van der Waals surface area contributed by atoms with Crippen molar-refractivity contribution in [3.63, 3.8) is 0 Å². The van der Waals surface area contributed by atoms with Gasteiger partial charge >= 0.3 is 5.97 Å². The Bertz CT molecular complexity index is 1620. The number of nitro groups is 1. The van der Waals surface area contributed by atoms with E-state index in [4.69, 9.17) is 13.9 Å². The lowest BCUT2D eigenvalue weighted by Crippen LogP contribution is -2.09. The lowest BCUT2D eigenvalue weighted by molar-refractivity contribution is -0.384. The molecule has 0 atom stereocenters. The van der Waals surface area contributed by atoms with Gasteiger partial charge in [-0.1, -0.05) is 42.5 Å². The molecule has 0 radical (unpaired) electrons. The van der Waals surface area contributed by atoms with Gasteiger partial charge in [0.05, 0.1) is 15.9 Å². The fourth-order valence-corrected chi connectivity index (χ4v) is 3.58. The minimum absolute atomic E-state index is 0.0191. The molecule has 4 aromatic carbocycles. The number of nitro benzene ring substituents is 1. The van der Waals surface area contributed by atoms with Crippen LogP contribution in [-0.2, 0) is 0 Å². The number of nitrogens with zero attached hydrogens (tertiary/aromatic N) is 1. The van der Waals surface area contributed by atoms with Crippen LogP contribution in [0.1, 0.15) is 10.4 Å². The van der Waals surface area contributed by atoms with Crippen molar-refractivity contribution in [1.82, 2.24) is 0 Å². The van der Waals surface area contributed by atoms with Crippen LogP contribution in [0.4, 0.5) is 5.69 Å². The Morgan fingerprint density at radius 3 is 2.17 bits per heavy atom. The van der Waals surface area contributed by atoms with Crippen LogP contribution in [0.15, 0.2) is 113 Å². The zero-order valence-electron chi connectivity index (χ0n) is 18.6. The van der Waals surface area contributed by atoms with Gasteiger partial charge in [0.15, 0.2) is 0 Å². The molecule has 36 heavy (non-hydrogen) atoms. The maximum absolute atomic E-state index is 12.9. The number of fused-ring (bicyclic) bond motifs is 1. The number of hydrogen-bond acceptors (Lipinski definition) is 7. The highest BCUT2D eigenvalue weighted by molar-refractivity contribution is 5.92. The number of carbonyl (C=O) groups is 1. The first-order chi connectivity index (χ1) is 17.5.